The Bertz CT molecular complexity index is 3330. The minimum atomic E-state index is -0.0411. The van der Waals surface area contributed by atoms with Gasteiger partial charge in [0.15, 0.2) is 10.9 Å². The van der Waals surface area contributed by atoms with Crippen LogP contribution < -0.4 is 10.9 Å². The van der Waals surface area contributed by atoms with E-state index in [1.807, 2.05) is 59.6 Å². The zero-order valence-corrected chi connectivity index (χ0v) is 29.7. The van der Waals surface area contributed by atoms with Crippen molar-refractivity contribution in [2.24, 2.45) is 14.1 Å². The average molecular weight is 693 g/mol. The molecule has 0 bridgehead atoms. The lowest BCUT2D eigenvalue weighted by atomic mass is 9.96. The largest absolute Gasteiger partial charge is 0.343 e. The number of nitrogens with zero attached hydrogens (tertiary/aromatic N) is 2. The minimum absolute atomic E-state index is 0.0411. The highest BCUT2D eigenvalue weighted by Gasteiger charge is 2.17. The van der Waals surface area contributed by atoms with Crippen molar-refractivity contribution in [1.29, 1.82) is 0 Å². The summed E-state index contributed by atoms with van der Waals surface area (Å²) in [6.45, 7) is 0. The van der Waals surface area contributed by atoms with Gasteiger partial charge in [0.2, 0.25) is 0 Å². The fraction of sp³-hybridized carbons (Fsp3) is 0.0400. The molecule has 0 radical (unpaired) electrons. The number of aromatic nitrogens is 2. The second-order valence-electron chi connectivity index (χ2n) is 14.6. The van der Waals surface area contributed by atoms with E-state index in [0.717, 1.165) is 55.1 Å². The molecule has 0 atom stereocenters. The SMILES string of the molecule is Cn1c2ccc(-c3ccc4cc5ccccc5cc4c3)cc2c(=O)c2cc3c(cc21)c(=O)c1cc(-c2ccc4cc5ccccc5cc4c2)ccc1n3C. The maximum absolute atomic E-state index is 14.4. The maximum atomic E-state index is 14.4. The van der Waals surface area contributed by atoms with Crippen LogP contribution in [-0.2, 0) is 14.1 Å². The van der Waals surface area contributed by atoms with Crippen LogP contribution in [0.5, 0.6) is 0 Å². The van der Waals surface area contributed by atoms with Crippen molar-refractivity contribution in [3.05, 3.63) is 178 Å². The first-order valence-electron chi connectivity index (χ1n) is 18.3. The summed E-state index contributed by atoms with van der Waals surface area (Å²) in [4.78, 5) is 28.7. The van der Waals surface area contributed by atoms with Crippen molar-refractivity contribution < 1.29 is 0 Å². The van der Waals surface area contributed by atoms with E-state index in [4.69, 9.17) is 0 Å². The van der Waals surface area contributed by atoms with Gasteiger partial charge in [-0.25, -0.2) is 0 Å². The number of hydrogen-bond acceptors (Lipinski definition) is 2. The molecule has 2 heterocycles. The van der Waals surface area contributed by atoms with Crippen LogP contribution in [0.25, 0.3) is 109 Å². The van der Waals surface area contributed by atoms with Gasteiger partial charge in [0.25, 0.3) is 0 Å². The molecule has 9 aromatic carbocycles. The molecule has 4 heteroatoms. The van der Waals surface area contributed by atoms with Crippen LogP contribution in [0.1, 0.15) is 0 Å². The monoisotopic (exact) mass is 692 g/mol. The Hall–Kier alpha value is -7.04. The molecule has 54 heavy (non-hydrogen) atoms. The number of fused-ring (bicyclic) bond motifs is 8. The molecule has 254 valence electrons. The van der Waals surface area contributed by atoms with Crippen LogP contribution in [-0.4, -0.2) is 9.13 Å². The fourth-order valence-electron chi connectivity index (χ4n) is 8.66. The Kier molecular flexibility index (Phi) is 6.36. The molecule has 0 unspecified atom stereocenters. The molecule has 0 amide bonds. The summed E-state index contributed by atoms with van der Waals surface area (Å²) in [6, 6.07) is 54.8. The maximum Gasteiger partial charge on any atom is 0.197 e. The van der Waals surface area contributed by atoms with Gasteiger partial charge in [-0.2, -0.15) is 0 Å². The predicted molar refractivity (Wildman–Crippen MR) is 228 cm³/mol. The van der Waals surface area contributed by atoms with Gasteiger partial charge < -0.3 is 9.13 Å². The van der Waals surface area contributed by atoms with E-state index in [1.54, 1.807) is 0 Å². The molecular formula is C50H32N2O2. The van der Waals surface area contributed by atoms with Crippen LogP contribution in [0.4, 0.5) is 0 Å². The minimum Gasteiger partial charge on any atom is -0.343 e. The third-order valence-corrected chi connectivity index (χ3v) is 11.6. The topological polar surface area (TPSA) is 44.0 Å². The Balaban J connectivity index is 1.05. The molecule has 0 saturated heterocycles. The Labute approximate surface area is 309 Å². The van der Waals surface area contributed by atoms with Crippen LogP contribution in [0.2, 0.25) is 0 Å². The first kappa shape index (κ1) is 30.6. The average Bonchev–Trinajstić information content (AvgIpc) is 3.22. The van der Waals surface area contributed by atoms with Crippen LogP contribution in [0.3, 0.4) is 0 Å². The van der Waals surface area contributed by atoms with Gasteiger partial charge in [-0.3, -0.25) is 9.59 Å². The van der Waals surface area contributed by atoms with Crippen LogP contribution in [0, 0.1) is 0 Å². The van der Waals surface area contributed by atoms with E-state index >= 15 is 0 Å². The van der Waals surface area contributed by atoms with Gasteiger partial charge in [0.05, 0.1) is 22.1 Å². The molecule has 0 aliphatic heterocycles. The van der Waals surface area contributed by atoms with Crippen molar-refractivity contribution in [3.63, 3.8) is 0 Å². The lowest BCUT2D eigenvalue weighted by Crippen LogP contribution is -2.13. The highest BCUT2D eigenvalue weighted by atomic mass is 16.1. The molecular weight excluding hydrogens is 661 g/mol. The summed E-state index contributed by atoms with van der Waals surface area (Å²) >= 11 is 0. The number of rotatable bonds is 2. The summed E-state index contributed by atoms with van der Waals surface area (Å²) in [5, 5.41) is 12.0. The Morgan fingerprint density at radius 1 is 0.296 bits per heavy atom. The van der Waals surface area contributed by atoms with Crippen molar-refractivity contribution in [3.8, 4) is 22.3 Å². The molecule has 11 aromatic rings. The van der Waals surface area contributed by atoms with E-state index in [9.17, 15) is 9.59 Å². The Morgan fingerprint density at radius 2 is 0.611 bits per heavy atom. The van der Waals surface area contributed by atoms with Crippen LogP contribution in [0.15, 0.2) is 167 Å². The molecule has 0 fully saturated rings. The van der Waals surface area contributed by atoms with Gasteiger partial charge in [-0.15, -0.1) is 0 Å². The third kappa shape index (κ3) is 4.50. The smallest absolute Gasteiger partial charge is 0.197 e. The van der Waals surface area contributed by atoms with Crippen molar-refractivity contribution in [2.45, 2.75) is 0 Å². The number of aryl methyl sites for hydroxylation is 2. The van der Waals surface area contributed by atoms with Gasteiger partial charge in [0.1, 0.15) is 0 Å². The summed E-state index contributed by atoms with van der Waals surface area (Å²) in [7, 11) is 3.95. The third-order valence-electron chi connectivity index (χ3n) is 11.6. The van der Waals surface area contributed by atoms with Gasteiger partial charge in [-0.05, 0) is 138 Å². The quantitative estimate of drug-likeness (QED) is 0.169. The van der Waals surface area contributed by atoms with Crippen molar-refractivity contribution in [1.82, 2.24) is 9.13 Å². The van der Waals surface area contributed by atoms with E-state index in [1.165, 1.54) is 32.3 Å². The van der Waals surface area contributed by atoms with E-state index in [2.05, 4.69) is 121 Å². The highest BCUT2D eigenvalue weighted by molar-refractivity contribution is 6.06. The molecule has 0 aliphatic carbocycles. The normalized spacial score (nSPS) is 12.0. The molecule has 0 aliphatic rings. The fourth-order valence-corrected chi connectivity index (χ4v) is 8.66. The van der Waals surface area contributed by atoms with E-state index in [0.29, 0.717) is 21.5 Å². The lowest BCUT2D eigenvalue weighted by molar-refractivity contribution is 0.994. The molecule has 11 rings (SSSR count). The number of benzene rings is 9. The highest BCUT2D eigenvalue weighted by Crippen LogP contribution is 2.33. The first-order valence-corrected chi connectivity index (χ1v) is 18.3. The molecule has 4 nitrogen and oxygen atoms in total. The number of pyridine rings is 2. The van der Waals surface area contributed by atoms with Crippen molar-refractivity contribution in [2.75, 3.05) is 0 Å². The standard InChI is InChI=1S/C50H32N2O2/c1-51-45-17-15-37(33-11-13-35-19-29-7-3-5-9-31(29)21-39(35)23-33)25-41(45)49(53)43-28-48-44(27-47(43)51)50(54)42-26-38(16-18-46(42)52(48)2)34-12-14-36-20-30-8-4-6-10-32(30)22-40(36)24-34/h3-28H,1-2H3. The summed E-state index contributed by atoms with van der Waals surface area (Å²) in [5.74, 6) is 0. The van der Waals surface area contributed by atoms with E-state index in [-0.39, 0.29) is 10.9 Å². The van der Waals surface area contributed by atoms with Gasteiger partial charge in [-0.1, -0.05) is 84.9 Å². The Morgan fingerprint density at radius 3 is 1.02 bits per heavy atom. The zero-order valence-electron chi connectivity index (χ0n) is 29.7. The van der Waals surface area contributed by atoms with Gasteiger partial charge in [0, 0.05) is 35.6 Å². The second-order valence-corrected chi connectivity index (χ2v) is 14.6. The first-order chi connectivity index (χ1) is 26.4. The summed E-state index contributed by atoms with van der Waals surface area (Å²) < 4.78 is 4.08. The second kappa shape index (κ2) is 11.2. The lowest BCUT2D eigenvalue weighted by Gasteiger charge is -2.16. The molecule has 0 N–H and O–H groups in total. The number of hydrogen-bond donors (Lipinski definition) is 0. The molecule has 2 aromatic heterocycles. The zero-order chi connectivity index (χ0) is 36.2. The summed E-state index contributed by atoms with van der Waals surface area (Å²) in [5.41, 5.74) is 7.14. The van der Waals surface area contributed by atoms with E-state index < -0.39 is 0 Å². The van der Waals surface area contributed by atoms with Crippen molar-refractivity contribution >= 4 is 86.7 Å². The van der Waals surface area contributed by atoms with Gasteiger partial charge >= 0.3 is 0 Å². The van der Waals surface area contributed by atoms with Crippen LogP contribution >= 0.6 is 0 Å². The molecule has 0 spiro atoms. The molecule has 0 saturated carbocycles. The predicted octanol–water partition coefficient (Wildman–Crippen LogP) is 11.6. The summed E-state index contributed by atoms with van der Waals surface area (Å²) in [6.07, 6.45) is 0.